The molecule has 28 heavy (non-hydrogen) atoms. The van der Waals surface area contributed by atoms with Gasteiger partial charge in [0.1, 0.15) is 5.82 Å². The van der Waals surface area contributed by atoms with E-state index in [1.165, 1.54) is 6.92 Å². The van der Waals surface area contributed by atoms with Crippen LogP contribution in [0.25, 0.3) is 33.4 Å². The molecule has 0 spiro atoms. The molecule has 0 aliphatic rings. The van der Waals surface area contributed by atoms with E-state index < -0.39 is 0 Å². The Hall–Kier alpha value is -3.74. The summed E-state index contributed by atoms with van der Waals surface area (Å²) in [6.07, 6.45) is 5.28. The number of methoxy groups -OCH3 is 1. The summed E-state index contributed by atoms with van der Waals surface area (Å²) in [6.45, 7) is 3.46. The highest BCUT2D eigenvalue weighted by Crippen LogP contribution is 2.38. The van der Waals surface area contributed by atoms with Crippen molar-refractivity contribution < 1.29 is 9.53 Å². The zero-order valence-electron chi connectivity index (χ0n) is 15.8. The van der Waals surface area contributed by atoms with Crippen molar-refractivity contribution in [1.29, 1.82) is 0 Å². The second kappa shape index (κ2) is 7.11. The number of aromatic amines is 1. The van der Waals surface area contributed by atoms with Crippen LogP contribution in [0.15, 0.2) is 48.9 Å². The van der Waals surface area contributed by atoms with Crippen LogP contribution in [0.1, 0.15) is 12.5 Å². The quantitative estimate of drug-likeness (QED) is 0.565. The molecule has 0 unspecified atom stereocenters. The summed E-state index contributed by atoms with van der Waals surface area (Å²) in [7, 11) is 1.59. The Balaban J connectivity index is 1.93. The molecule has 1 amide bonds. The molecule has 7 nitrogen and oxygen atoms in total. The molecule has 140 valence electrons. The van der Waals surface area contributed by atoms with Gasteiger partial charge in [-0.3, -0.25) is 9.78 Å². The number of H-pyrrole nitrogens is 1. The number of carbonyl (C=O) groups is 1. The average Bonchev–Trinajstić information content (AvgIpc) is 3.06. The molecule has 0 aliphatic heterocycles. The van der Waals surface area contributed by atoms with Crippen LogP contribution >= 0.6 is 0 Å². The van der Waals surface area contributed by atoms with E-state index >= 15 is 0 Å². The molecule has 4 heterocycles. The number of nitrogens with zero attached hydrogens (tertiary/aromatic N) is 3. The minimum absolute atomic E-state index is 0.168. The van der Waals surface area contributed by atoms with Crippen LogP contribution < -0.4 is 10.1 Å². The van der Waals surface area contributed by atoms with Crippen molar-refractivity contribution in [3.05, 3.63) is 54.5 Å². The summed E-state index contributed by atoms with van der Waals surface area (Å²) in [4.78, 5) is 28.1. The Morgan fingerprint density at radius 1 is 1.07 bits per heavy atom. The van der Waals surface area contributed by atoms with Crippen molar-refractivity contribution in [1.82, 2.24) is 19.9 Å². The normalized spacial score (nSPS) is 10.8. The molecule has 2 N–H and O–H groups in total. The fraction of sp³-hybridized carbons (Fsp3) is 0.143. The predicted molar refractivity (Wildman–Crippen MR) is 108 cm³/mol. The minimum atomic E-state index is -0.168. The zero-order valence-corrected chi connectivity index (χ0v) is 15.8. The van der Waals surface area contributed by atoms with E-state index in [4.69, 9.17) is 4.74 Å². The first-order valence-electron chi connectivity index (χ1n) is 8.78. The van der Waals surface area contributed by atoms with Crippen LogP contribution in [0.4, 0.5) is 5.82 Å². The Morgan fingerprint density at radius 2 is 1.93 bits per heavy atom. The first kappa shape index (κ1) is 17.7. The number of anilines is 1. The Labute approximate surface area is 161 Å². The van der Waals surface area contributed by atoms with E-state index in [1.807, 2.05) is 37.4 Å². The fourth-order valence-electron chi connectivity index (χ4n) is 3.16. The Kier molecular flexibility index (Phi) is 4.49. The number of fused-ring (bicyclic) bond motifs is 1. The lowest BCUT2D eigenvalue weighted by Gasteiger charge is -2.08. The SMILES string of the molecule is COc1ccc(-c2c(-c3ccnc(NC(C)=O)c3)[nH]c3cc(C)cnc23)cn1. The standard InChI is InChI=1S/C21H19N5O2/c1-12-8-16-21(24-10-12)19(15-4-5-18(28-3)23-11-15)20(26-16)14-6-7-22-17(9-14)25-13(2)27/h4-11,26H,1-3H3,(H,22,25,27). The summed E-state index contributed by atoms with van der Waals surface area (Å²) in [5, 5.41) is 2.72. The molecule has 0 aromatic carbocycles. The third-order valence-corrected chi connectivity index (χ3v) is 4.36. The van der Waals surface area contributed by atoms with Crippen molar-refractivity contribution in [3.63, 3.8) is 0 Å². The predicted octanol–water partition coefficient (Wildman–Crippen LogP) is 3.96. The van der Waals surface area contributed by atoms with E-state index in [1.54, 1.807) is 19.5 Å². The zero-order chi connectivity index (χ0) is 19.7. The highest BCUT2D eigenvalue weighted by Gasteiger charge is 2.17. The van der Waals surface area contributed by atoms with Gasteiger partial charge in [-0.25, -0.2) is 9.97 Å². The molecular formula is C21H19N5O2. The number of aryl methyl sites for hydroxylation is 1. The van der Waals surface area contributed by atoms with Crippen LogP contribution in [0.3, 0.4) is 0 Å². The number of nitrogens with one attached hydrogen (secondary N) is 2. The van der Waals surface area contributed by atoms with Gasteiger partial charge in [0.05, 0.1) is 23.8 Å². The average molecular weight is 373 g/mol. The van der Waals surface area contributed by atoms with Gasteiger partial charge < -0.3 is 15.0 Å². The summed E-state index contributed by atoms with van der Waals surface area (Å²) in [6, 6.07) is 9.56. The summed E-state index contributed by atoms with van der Waals surface area (Å²) in [5.41, 5.74) is 6.47. The third kappa shape index (κ3) is 3.29. The van der Waals surface area contributed by atoms with Gasteiger partial charge in [-0.05, 0) is 36.8 Å². The van der Waals surface area contributed by atoms with Gasteiger partial charge >= 0.3 is 0 Å². The molecule has 0 fully saturated rings. The Bertz CT molecular complexity index is 1170. The molecule has 0 saturated carbocycles. The smallest absolute Gasteiger partial charge is 0.222 e. The molecule has 0 aliphatic carbocycles. The number of hydrogen-bond donors (Lipinski definition) is 2. The van der Waals surface area contributed by atoms with Gasteiger partial charge in [0.2, 0.25) is 11.8 Å². The number of amides is 1. The number of aromatic nitrogens is 4. The van der Waals surface area contributed by atoms with Crippen molar-refractivity contribution in [2.75, 3.05) is 12.4 Å². The molecule has 0 saturated heterocycles. The van der Waals surface area contributed by atoms with E-state index in [9.17, 15) is 4.79 Å². The molecular weight excluding hydrogens is 354 g/mol. The molecule has 0 bridgehead atoms. The van der Waals surface area contributed by atoms with E-state index in [2.05, 4.69) is 31.3 Å². The van der Waals surface area contributed by atoms with E-state index in [0.717, 1.165) is 39.0 Å². The van der Waals surface area contributed by atoms with E-state index in [0.29, 0.717) is 11.7 Å². The summed E-state index contributed by atoms with van der Waals surface area (Å²) < 4.78 is 5.17. The fourth-order valence-corrected chi connectivity index (χ4v) is 3.16. The van der Waals surface area contributed by atoms with Crippen molar-refractivity contribution >= 4 is 22.8 Å². The lowest BCUT2D eigenvalue weighted by molar-refractivity contribution is -0.114. The lowest BCUT2D eigenvalue weighted by Crippen LogP contribution is -2.07. The molecule has 0 radical (unpaired) electrons. The Morgan fingerprint density at radius 3 is 2.64 bits per heavy atom. The van der Waals surface area contributed by atoms with Gasteiger partial charge in [0.25, 0.3) is 0 Å². The molecule has 4 rings (SSSR count). The van der Waals surface area contributed by atoms with Crippen LogP contribution in [-0.2, 0) is 4.79 Å². The topological polar surface area (TPSA) is 92.8 Å². The van der Waals surface area contributed by atoms with Gasteiger partial charge in [-0.2, -0.15) is 0 Å². The van der Waals surface area contributed by atoms with Gasteiger partial charge in [0.15, 0.2) is 0 Å². The second-order valence-electron chi connectivity index (χ2n) is 6.48. The molecule has 4 aromatic rings. The number of rotatable bonds is 4. The van der Waals surface area contributed by atoms with Gasteiger partial charge in [0, 0.05) is 48.3 Å². The maximum atomic E-state index is 11.4. The molecule has 0 atom stereocenters. The van der Waals surface area contributed by atoms with E-state index in [-0.39, 0.29) is 5.91 Å². The number of pyridine rings is 3. The van der Waals surface area contributed by atoms with Crippen molar-refractivity contribution in [2.45, 2.75) is 13.8 Å². The maximum absolute atomic E-state index is 11.4. The number of hydrogen-bond acceptors (Lipinski definition) is 5. The highest BCUT2D eigenvalue weighted by molar-refractivity contribution is 6.02. The van der Waals surface area contributed by atoms with Gasteiger partial charge in [-0.1, -0.05) is 0 Å². The second-order valence-corrected chi connectivity index (χ2v) is 6.48. The van der Waals surface area contributed by atoms with Crippen molar-refractivity contribution in [2.24, 2.45) is 0 Å². The summed E-state index contributed by atoms with van der Waals surface area (Å²) in [5.74, 6) is 0.871. The van der Waals surface area contributed by atoms with Gasteiger partial charge in [-0.15, -0.1) is 0 Å². The molecule has 4 aromatic heterocycles. The largest absolute Gasteiger partial charge is 0.481 e. The summed E-state index contributed by atoms with van der Waals surface area (Å²) >= 11 is 0. The first-order valence-corrected chi connectivity index (χ1v) is 8.78. The van der Waals surface area contributed by atoms with Crippen LogP contribution in [0, 0.1) is 6.92 Å². The van der Waals surface area contributed by atoms with Crippen LogP contribution in [0.2, 0.25) is 0 Å². The third-order valence-electron chi connectivity index (χ3n) is 4.36. The molecule has 7 heteroatoms. The number of carbonyl (C=O) groups excluding carboxylic acids is 1. The lowest BCUT2D eigenvalue weighted by atomic mass is 10.0. The maximum Gasteiger partial charge on any atom is 0.222 e. The first-order chi connectivity index (χ1) is 13.5. The van der Waals surface area contributed by atoms with Crippen LogP contribution in [0.5, 0.6) is 5.88 Å². The van der Waals surface area contributed by atoms with Crippen molar-refractivity contribution in [3.8, 4) is 28.3 Å². The number of ether oxygens (including phenoxy) is 1. The van der Waals surface area contributed by atoms with Crippen LogP contribution in [-0.4, -0.2) is 33.0 Å². The monoisotopic (exact) mass is 373 g/mol. The highest BCUT2D eigenvalue weighted by atomic mass is 16.5. The minimum Gasteiger partial charge on any atom is -0.481 e.